The normalized spacial score (nSPS) is 16.4. The standard InChI is InChI=1S/C19H26N4O2/c1-14-6-5-7-15-17(14)20-13-22(18(15)25)12-16(24)21-8-10-23(11-9-21)19(2,3)4/h5-7,13H,8-12H2,1-4H3. The minimum Gasteiger partial charge on any atom is -0.339 e. The fourth-order valence-corrected chi connectivity index (χ4v) is 3.32. The van der Waals surface area contributed by atoms with Crippen LogP contribution in [0.2, 0.25) is 0 Å². The summed E-state index contributed by atoms with van der Waals surface area (Å²) < 4.78 is 1.42. The highest BCUT2D eigenvalue weighted by molar-refractivity contribution is 5.81. The molecule has 1 aliphatic rings. The average molecular weight is 342 g/mol. The van der Waals surface area contributed by atoms with E-state index in [1.165, 1.54) is 10.9 Å². The van der Waals surface area contributed by atoms with Crippen LogP contribution in [0.3, 0.4) is 0 Å². The summed E-state index contributed by atoms with van der Waals surface area (Å²) in [5.74, 6) is -0.0236. The van der Waals surface area contributed by atoms with E-state index in [1.807, 2.05) is 24.0 Å². The van der Waals surface area contributed by atoms with E-state index in [1.54, 1.807) is 6.07 Å². The average Bonchev–Trinajstić information content (AvgIpc) is 2.57. The zero-order valence-electron chi connectivity index (χ0n) is 15.5. The van der Waals surface area contributed by atoms with Crippen LogP contribution in [-0.4, -0.2) is 57.0 Å². The van der Waals surface area contributed by atoms with E-state index >= 15 is 0 Å². The number of hydrogen-bond donors (Lipinski definition) is 0. The highest BCUT2D eigenvalue weighted by atomic mass is 16.2. The number of rotatable bonds is 2. The van der Waals surface area contributed by atoms with Crippen molar-refractivity contribution in [2.75, 3.05) is 26.2 Å². The first-order valence-corrected chi connectivity index (χ1v) is 8.75. The van der Waals surface area contributed by atoms with Gasteiger partial charge in [-0.2, -0.15) is 0 Å². The van der Waals surface area contributed by atoms with E-state index in [9.17, 15) is 9.59 Å². The highest BCUT2D eigenvalue weighted by Gasteiger charge is 2.27. The Hall–Kier alpha value is -2.21. The second-order valence-corrected chi connectivity index (χ2v) is 7.69. The summed E-state index contributed by atoms with van der Waals surface area (Å²) in [6.07, 6.45) is 1.49. The van der Waals surface area contributed by atoms with Crippen LogP contribution in [0.4, 0.5) is 0 Å². The Morgan fingerprint density at radius 1 is 1.16 bits per heavy atom. The Morgan fingerprint density at radius 3 is 2.48 bits per heavy atom. The Bertz CT molecular complexity index is 843. The molecule has 0 aliphatic carbocycles. The van der Waals surface area contributed by atoms with Crippen molar-refractivity contribution in [1.82, 2.24) is 19.4 Å². The monoisotopic (exact) mass is 342 g/mol. The molecule has 2 heterocycles. The van der Waals surface area contributed by atoms with Crippen molar-refractivity contribution < 1.29 is 4.79 Å². The second kappa shape index (κ2) is 6.59. The van der Waals surface area contributed by atoms with Gasteiger partial charge in [-0.25, -0.2) is 4.98 Å². The number of carbonyl (C=O) groups is 1. The number of carbonyl (C=O) groups excluding carboxylic acids is 1. The molecule has 1 aliphatic heterocycles. The van der Waals surface area contributed by atoms with Crippen LogP contribution in [0.25, 0.3) is 10.9 Å². The maximum atomic E-state index is 12.6. The van der Waals surface area contributed by atoms with Crippen LogP contribution in [0.1, 0.15) is 26.3 Å². The molecule has 0 spiro atoms. The van der Waals surface area contributed by atoms with E-state index in [0.717, 1.165) is 18.7 Å². The maximum absolute atomic E-state index is 12.6. The number of piperazine rings is 1. The molecule has 1 aromatic carbocycles. The molecular weight excluding hydrogens is 316 g/mol. The zero-order valence-corrected chi connectivity index (χ0v) is 15.5. The molecule has 1 aromatic heterocycles. The van der Waals surface area contributed by atoms with Crippen molar-refractivity contribution >= 4 is 16.8 Å². The first kappa shape index (κ1) is 17.6. The Kier molecular flexibility index (Phi) is 4.64. The van der Waals surface area contributed by atoms with Crippen molar-refractivity contribution in [1.29, 1.82) is 0 Å². The van der Waals surface area contributed by atoms with Gasteiger partial charge in [-0.15, -0.1) is 0 Å². The third kappa shape index (κ3) is 3.58. The van der Waals surface area contributed by atoms with Gasteiger partial charge in [0.05, 0.1) is 17.2 Å². The van der Waals surface area contributed by atoms with Crippen LogP contribution in [0.5, 0.6) is 0 Å². The number of nitrogens with zero attached hydrogens (tertiary/aromatic N) is 4. The van der Waals surface area contributed by atoms with Gasteiger partial charge >= 0.3 is 0 Å². The van der Waals surface area contributed by atoms with Gasteiger partial charge in [0.15, 0.2) is 0 Å². The van der Waals surface area contributed by atoms with Crippen molar-refractivity contribution in [3.05, 3.63) is 40.4 Å². The van der Waals surface area contributed by atoms with Crippen molar-refractivity contribution in [3.63, 3.8) is 0 Å². The van der Waals surface area contributed by atoms with Crippen LogP contribution >= 0.6 is 0 Å². The summed E-state index contributed by atoms with van der Waals surface area (Å²) in [7, 11) is 0. The van der Waals surface area contributed by atoms with Gasteiger partial charge in [-0.3, -0.25) is 19.1 Å². The molecule has 0 N–H and O–H groups in total. The predicted molar refractivity (Wildman–Crippen MR) is 98.6 cm³/mol. The quantitative estimate of drug-likeness (QED) is 0.833. The molecule has 0 bridgehead atoms. The van der Waals surface area contributed by atoms with Gasteiger partial charge in [0.1, 0.15) is 6.54 Å². The fraction of sp³-hybridized carbons (Fsp3) is 0.526. The van der Waals surface area contributed by atoms with Gasteiger partial charge in [0.2, 0.25) is 5.91 Å². The smallest absolute Gasteiger partial charge is 0.261 e. The van der Waals surface area contributed by atoms with Gasteiger partial charge in [-0.1, -0.05) is 12.1 Å². The third-order valence-electron chi connectivity index (χ3n) is 4.94. The number of aryl methyl sites for hydroxylation is 1. The van der Waals surface area contributed by atoms with Crippen LogP contribution in [0.15, 0.2) is 29.3 Å². The van der Waals surface area contributed by atoms with E-state index < -0.39 is 0 Å². The summed E-state index contributed by atoms with van der Waals surface area (Å²) in [5.41, 5.74) is 1.63. The van der Waals surface area contributed by atoms with E-state index in [-0.39, 0.29) is 23.6 Å². The second-order valence-electron chi connectivity index (χ2n) is 7.69. The number of fused-ring (bicyclic) bond motifs is 1. The van der Waals surface area contributed by atoms with Gasteiger partial charge in [0.25, 0.3) is 5.56 Å². The molecule has 1 fully saturated rings. The van der Waals surface area contributed by atoms with E-state index in [0.29, 0.717) is 24.0 Å². The first-order chi connectivity index (χ1) is 11.8. The SMILES string of the molecule is Cc1cccc2c(=O)n(CC(=O)N3CCN(C(C)(C)C)CC3)cnc12. The molecule has 6 heteroatoms. The Labute approximate surface area is 148 Å². The van der Waals surface area contributed by atoms with Crippen LogP contribution in [-0.2, 0) is 11.3 Å². The molecule has 0 atom stereocenters. The molecule has 6 nitrogen and oxygen atoms in total. The third-order valence-corrected chi connectivity index (χ3v) is 4.94. The molecule has 2 aromatic rings. The topological polar surface area (TPSA) is 58.4 Å². The van der Waals surface area contributed by atoms with Crippen molar-refractivity contribution in [2.24, 2.45) is 0 Å². The fourth-order valence-electron chi connectivity index (χ4n) is 3.32. The van der Waals surface area contributed by atoms with E-state index in [2.05, 4.69) is 30.7 Å². The molecule has 0 unspecified atom stereocenters. The number of amides is 1. The Balaban J connectivity index is 1.73. The number of benzene rings is 1. The molecule has 25 heavy (non-hydrogen) atoms. The van der Waals surface area contributed by atoms with E-state index in [4.69, 9.17) is 0 Å². The minimum absolute atomic E-state index is 0.0236. The number of aromatic nitrogens is 2. The Morgan fingerprint density at radius 2 is 1.84 bits per heavy atom. The van der Waals surface area contributed by atoms with Gasteiger partial charge in [0, 0.05) is 31.7 Å². The molecule has 1 amide bonds. The molecule has 1 saturated heterocycles. The summed E-state index contributed by atoms with van der Waals surface area (Å²) in [5, 5.41) is 0.563. The summed E-state index contributed by atoms with van der Waals surface area (Å²) in [6.45, 7) is 11.7. The number of para-hydroxylation sites is 1. The van der Waals surface area contributed by atoms with Gasteiger partial charge in [-0.05, 0) is 39.3 Å². The van der Waals surface area contributed by atoms with Crippen molar-refractivity contribution in [2.45, 2.75) is 39.8 Å². The van der Waals surface area contributed by atoms with Gasteiger partial charge < -0.3 is 4.90 Å². The molecule has 0 saturated carbocycles. The lowest BCUT2D eigenvalue weighted by Crippen LogP contribution is -2.55. The van der Waals surface area contributed by atoms with Crippen LogP contribution < -0.4 is 5.56 Å². The summed E-state index contributed by atoms with van der Waals surface area (Å²) in [4.78, 5) is 33.8. The molecule has 0 radical (unpaired) electrons. The summed E-state index contributed by atoms with van der Waals surface area (Å²) >= 11 is 0. The lowest BCUT2D eigenvalue weighted by atomic mass is 10.0. The molecular formula is C19H26N4O2. The lowest BCUT2D eigenvalue weighted by Gasteiger charge is -2.42. The predicted octanol–water partition coefficient (Wildman–Crippen LogP) is 1.65. The van der Waals surface area contributed by atoms with Crippen molar-refractivity contribution in [3.8, 4) is 0 Å². The number of hydrogen-bond acceptors (Lipinski definition) is 4. The molecule has 3 rings (SSSR count). The zero-order chi connectivity index (χ0) is 18.2. The highest BCUT2D eigenvalue weighted by Crippen LogP contribution is 2.16. The lowest BCUT2D eigenvalue weighted by molar-refractivity contribution is -0.134. The van der Waals surface area contributed by atoms with Crippen LogP contribution in [0, 0.1) is 6.92 Å². The molecule has 134 valence electrons. The first-order valence-electron chi connectivity index (χ1n) is 8.75. The maximum Gasteiger partial charge on any atom is 0.261 e. The minimum atomic E-state index is -0.157. The summed E-state index contributed by atoms with van der Waals surface area (Å²) in [6, 6.07) is 5.54. The largest absolute Gasteiger partial charge is 0.339 e.